The Labute approximate surface area is 179 Å². The van der Waals surface area contributed by atoms with Crippen LogP contribution in [0.5, 0.6) is 6.01 Å². The summed E-state index contributed by atoms with van der Waals surface area (Å²) >= 11 is 0. The Balaban J connectivity index is 1.61. The fraction of sp³-hybridized carbons (Fsp3) is 0.125. The van der Waals surface area contributed by atoms with Crippen LogP contribution in [0.15, 0.2) is 72.8 Å². The molecular formula is C24H21FN4O2. The van der Waals surface area contributed by atoms with Gasteiger partial charge in [0.1, 0.15) is 5.82 Å². The van der Waals surface area contributed by atoms with E-state index in [1.54, 1.807) is 22.9 Å². The monoisotopic (exact) mass is 416 g/mol. The van der Waals surface area contributed by atoms with Crippen molar-refractivity contribution >= 4 is 11.6 Å². The zero-order chi connectivity index (χ0) is 21.8. The van der Waals surface area contributed by atoms with Gasteiger partial charge in [0.05, 0.1) is 12.3 Å². The van der Waals surface area contributed by atoms with Crippen molar-refractivity contribution < 1.29 is 13.9 Å². The lowest BCUT2D eigenvalue weighted by Crippen LogP contribution is -2.12. The summed E-state index contributed by atoms with van der Waals surface area (Å²) in [5.74, 6) is -0.185. The van der Waals surface area contributed by atoms with Gasteiger partial charge in [0.25, 0.3) is 5.91 Å². The third kappa shape index (κ3) is 4.61. The molecule has 0 spiro atoms. The van der Waals surface area contributed by atoms with Crippen LogP contribution in [-0.2, 0) is 0 Å². The Kier molecular flexibility index (Phi) is 5.75. The van der Waals surface area contributed by atoms with Crippen molar-refractivity contribution in [1.82, 2.24) is 14.8 Å². The molecule has 0 aliphatic carbocycles. The number of amides is 1. The third-order valence-corrected chi connectivity index (χ3v) is 4.63. The number of aromatic nitrogens is 3. The van der Waals surface area contributed by atoms with Gasteiger partial charge in [-0.05, 0) is 56.3 Å². The summed E-state index contributed by atoms with van der Waals surface area (Å²) in [6, 6.07) is 21.0. The second-order valence-electron chi connectivity index (χ2n) is 6.94. The highest BCUT2D eigenvalue weighted by Gasteiger charge is 2.15. The molecule has 0 aliphatic heterocycles. The van der Waals surface area contributed by atoms with Crippen molar-refractivity contribution in [1.29, 1.82) is 0 Å². The molecule has 1 heterocycles. The molecular weight excluding hydrogens is 395 g/mol. The van der Waals surface area contributed by atoms with E-state index in [0.717, 1.165) is 16.8 Å². The largest absolute Gasteiger partial charge is 0.463 e. The standard InChI is InChI=1S/C24H21FN4O2/c1-3-31-24-27-22(17-9-7-16(2)8-10-17)29(28-24)21-13-11-20(12-14-21)26-23(30)18-5-4-6-19(25)15-18/h4-15H,3H2,1-2H3,(H,26,30). The summed E-state index contributed by atoms with van der Waals surface area (Å²) in [4.78, 5) is 16.9. The van der Waals surface area contributed by atoms with Gasteiger partial charge in [-0.2, -0.15) is 4.98 Å². The number of hydrogen-bond acceptors (Lipinski definition) is 4. The van der Waals surface area contributed by atoms with E-state index in [1.165, 1.54) is 18.2 Å². The van der Waals surface area contributed by atoms with Gasteiger partial charge in [0, 0.05) is 16.8 Å². The number of benzene rings is 3. The first-order valence-corrected chi connectivity index (χ1v) is 9.88. The molecule has 1 N–H and O–H groups in total. The van der Waals surface area contributed by atoms with Gasteiger partial charge in [-0.15, -0.1) is 5.10 Å². The summed E-state index contributed by atoms with van der Waals surface area (Å²) in [6.07, 6.45) is 0. The first-order chi connectivity index (χ1) is 15.0. The van der Waals surface area contributed by atoms with E-state index < -0.39 is 5.82 Å². The summed E-state index contributed by atoms with van der Waals surface area (Å²) in [5.41, 5.74) is 3.66. The van der Waals surface area contributed by atoms with Crippen molar-refractivity contribution in [3.05, 3.63) is 89.7 Å². The second kappa shape index (κ2) is 8.79. The molecule has 0 bridgehead atoms. The van der Waals surface area contributed by atoms with Crippen molar-refractivity contribution in [3.63, 3.8) is 0 Å². The lowest BCUT2D eigenvalue weighted by molar-refractivity contribution is 0.102. The number of anilines is 1. The van der Waals surface area contributed by atoms with Crippen LogP contribution < -0.4 is 10.1 Å². The molecule has 4 aromatic rings. The van der Waals surface area contributed by atoms with E-state index in [1.807, 2.05) is 50.2 Å². The van der Waals surface area contributed by atoms with Crippen LogP contribution in [-0.4, -0.2) is 27.3 Å². The fourth-order valence-corrected chi connectivity index (χ4v) is 3.07. The van der Waals surface area contributed by atoms with Gasteiger partial charge in [-0.1, -0.05) is 35.9 Å². The summed E-state index contributed by atoms with van der Waals surface area (Å²) < 4.78 is 20.6. The third-order valence-electron chi connectivity index (χ3n) is 4.63. The Morgan fingerprint density at radius 1 is 1.06 bits per heavy atom. The van der Waals surface area contributed by atoms with Gasteiger partial charge < -0.3 is 10.1 Å². The van der Waals surface area contributed by atoms with Gasteiger partial charge >= 0.3 is 6.01 Å². The molecule has 3 aromatic carbocycles. The molecule has 4 rings (SSSR count). The lowest BCUT2D eigenvalue weighted by atomic mass is 10.1. The molecule has 31 heavy (non-hydrogen) atoms. The van der Waals surface area contributed by atoms with Crippen LogP contribution >= 0.6 is 0 Å². The fourth-order valence-electron chi connectivity index (χ4n) is 3.07. The quantitative estimate of drug-likeness (QED) is 0.479. The number of hydrogen-bond donors (Lipinski definition) is 1. The molecule has 156 valence electrons. The molecule has 0 unspecified atom stereocenters. The minimum atomic E-state index is -0.456. The topological polar surface area (TPSA) is 69.0 Å². The number of rotatable bonds is 6. The van der Waals surface area contributed by atoms with Crippen molar-refractivity contribution in [2.24, 2.45) is 0 Å². The number of carbonyl (C=O) groups excluding carboxylic acids is 1. The van der Waals surface area contributed by atoms with Crippen LogP contribution in [0.3, 0.4) is 0 Å². The number of nitrogens with zero attached hydrogens (tertiary/aromatic N) is 3. The van der Waals surface area contributed by atoms with Crippen LogP contribution in [0, 0.1) is 12.7 Å². The van der Waals surface area contributed by atoms with Gasteiger partial charge in [-0.25, -0.2) is 9.07 Å². The van der Waals surface area contributed by atoms with Crippen LogP contribution in [0.1, 0.15) is 22.8 Å². The maximum Gasteiger partial charge on any atom is 0.336 e. The van der Waals surface area contributed by atoms with E-state index >= 15 is 0 Å². The van der Waals surface area contributed by atoms with Crippen LogP contribution in [0.4, 0.5) is 10.1 Å². The lowest BCUT2D eigenvalue weighted by Gasteiger charge is -2.09. The average molecular weight is 416 g/mol. The number of halogens is 1. The number of aryl methyl sites for hydroxylation is 1. The van der Waals surface area contributed by atoms with Gasteiger partial charge in [0.2, 0.25) is 0 Å². The van der Waals surface area contributed by atoms with E-state index in [2.05, 4.69) is 15.4 Å². The molecule has 0 saturated heterocycles. The summed E-state index contributed by atoms with van der Waals surface area (Å²) in [5, 5.41) is 7.24. The van der Waals surface area contributed by atoms with Crippen molar-refractivity contribution in [3.8, 4) is 23.1 Å². The first kappa shape index (κ1) is 20.3. The second-order valence-corrected chi connectivity index (χ2v) is 6.94. The van der Waals surface area contributed by atoms with E-state index in [-0.39, 0.29) is 11.5 Å². The van der Waals surface area contributed by atoms with Crippen LogP contribution in [0.2, 0.25) is 0 Å². The molecule has 0 radical (unpaired) electrons. The maximum absolute atomic E-state index is 13.4. The van der Waals surface area contributed by atoms with Crippen molar-refractivity contribution in [2.45, 2.75) is 13.8 Å². The molecule has 0 aliphatic rings. The normalized spacial score (nSPS) is 10.7. The predicted octanol–water partition coefficient (Wildman–Crippen LogP) is 5.03. The Hall–Kier alpha value is -4.00. The zero-order valence-electron chi connectivity index (χ0n) is 17.2. The Morgan fingerprint density at radius 3 is 2.48 bits per heavy atom. The molecule has 0 atom stereocenters. The Bertz CT molecular complexity index is 1200. The molecule has 6 nitrogen and oxygen atoms in total. The number of ether oxygens (including phenoxy) is 1. The highest BCUT2D eigenvalue weighted by atomic mass is 19.1. The van der Waals surface area contributed by atoms with Crippen LogP contribution in [0.25, 0.3) is 17.1 Å². The highest BCUT2D eigenvalue weighted by molar-refractivity contribution is 6.04. The van der Waals surface area contributed by atoms with Gasteiger partial charge in [0.15, 0.2) is 5.82 Å². The predicted molar refractivity (Wildman–Crippen MR) is 117 cm³/mol. The highest BCUT2D eigenvalue weighted by Crippen LogP contribution is 2.25. The Morgan fingerprint density at radius 2 is 1.81 bits per heavy atom. The maximum atomic E-state index is 13.4. The SMILES string of the molecule is CCOc1nc(-c2ccc(C)cc2)n(-c2ccc(NC(=O)c3cccc(F)c3)cc2)n1. The number of nitrogens with one attached hydrogen (secondary N) is 1. The van der Waals surface area contributed by atoms with Gasteiger partial charge in [-0.3, -0.25) is 4.79 Å². The smallest absolute Gasteiger partial charge is 0.336 e. The van der Waals surface area contributed by atoms with Crippen molar-refractivity contribution in [2.75, 3.05) is 11.9 Å². The molecule has 1 aromatic heterocycles. The van der Waals surface area contributed by atoms with E-state index in [0.29, 0.717) is 24.1 Å². The molecule has 1 amide bonds. The minimum absolute atomic E-state index is 0.253. The van der Waals surface area contributed by atoms with E-state index in [9.17, 15) is 9.18 Å². The first-order valence-electron chi connectivity index (χ1n) is 9.88. The average Bonchev–Trinajstić information content (AvgIpc) is 3.19. The summed E-state index contributed by atoms with van der Waals surface area (Å²) in [6.45, 7) is 4.36. The summed E-state index contributed by atoms with van der Waals surface area (Å²) in [7, 11) is 0. The minimum Gasteiger partial charge on any atom is -0.463 e. The molecule has 7 heteroatoms. The zero-order valence-corrected chi connectivity index (χ0v) is 17.2. The number of carbonyl (C=O) groups is 1. The molecule has 0 fully saturated rings. The molecule has 0 saturated carbocycles. The van der Waals surface area contributed by atoms with E-state index in [4.69, 9.17) is 4.74 Å².